The largest absolute Gasteiger partial charge is 0.497 e. The van der Waals surface area contributed by atoms with Gasteiger partial charge in [0.1, 0.15) is 37.5 Å². The van der Waals surface area contributed by atoms with E-state index in [1.807, 2.05) is 12.1 Å². The summed E-state index contributed by atoms with van der Waals surface area (Å²) in [4.78, 5) is 9.60. The predicted molar refractivity (Wildman–Crippen MR) is 185 cm³/mol. The molecule has 1 atom stereocenters. The summed E-state index contributed by atoms with van der Waals surface area (Å²) in [6.45, 7) is 12.6. The summed E-state index contributed by atoms with van der Waals surface area (Å²) in [5, 5.41) is 8.85. The van der Waals surface area contributed by atoms with Crippen molar-refractivity contribution < 1.29 is 13.8 Å². The summed E-state index contributed by atoms with van der Waals surface area (Å²) >= 11 is 0. The van der Waals surface area contributed by atoms with E-state index < -0.39 is 8.32 Å². The number of aromatic nitrogens is 2. The Morgan fingerprint density at radius 3 is 2.20 bits per heavy atom. The molecule has 1 saturated heterocycles. The van der Waals surface area contributed by atoms with Gasteiger partial charge in [0.2, 0.25) is 0 Å². The number of methoxy groups -OCH3 is 1. The first-order valence-electron chi connectivity index (χ1n) is 16.5. The first kappa shape index (κ1) is 31.3. The quantitative estimate of drug-likeness (QED) is 0.120. The van der Waals surface area contributed by atoms with Gasteiger partial charge in [0, 0.05) is 19.6 Å². The highest BCUT2D eigenvalue weighted by atomic mass is 28.4. The Bertz CT molecular complexity index is 1510. The third-order valence-electron chi connectivity index (χ3n) is 9.65. The highest BCUT2D eigenvalue weighted by Gasteiger charge is 2.51. The molecular formula is C37H48N5O2Si+. The second kappa shape index (κ2) is 13.3. The average molecular weight is 623 g/mol. The summed E-state index contributed by atoms with van der Waals surface area (Å²) in [5.74, 6) is 2.91. The lowest BCUT2D eigenvalue weighted by atomic mass is 10.2. The van der Waals surface area contributed by atoms with Crippen molar-refractivity contribution in [2.75, 3.05) is 43.7 Å². The van der Waals surface area contributed by atoms with Gasteiger partial charge in [-0.15, -0.1) is 0 Å². The molecule has 1 unspecified atom stereocenters. The topological polar surface area (TPSA) is 59.5 Å². The molecule has 6 rings (SSSR count). The Hall–Kier alpha value is -3.72. The number of ether oxygens (including phenoxy) is 1. The number of benzene rings is 3. The van der Waals surface area contributed by atoms with E-state index in [0.717, 1.165) is 61.2 Å². The Morgan fingerprint density at radius 2 is 1.56 bits per heavy atom. The monoisotopic (exact) mass is 622 g/mol. The fourth-order valence-corrected chi connectivity index (χ4v) is 12.1. The normalized spacial score (nSPS) is 18.2. The Balaban J connectivity index is 1.22. The molecule has 0 bridgehead atoms. The number of rotatable bonds is 11. The van der Waals surface area contributed by atoms with Crippen LogP contribution in [0.25, 0.3) is 0 Å². The van der Waals surface area contributed by atoms with Gasteiger partial charge in [0.15, 0.2) is 5.82 Å². The lowest BCUT2D eigenvalue weighted by molar-refractivity contribution is -0.943. The Kier molecular flexibility index (Phi) is 9.26. The van der Waals surface area contributed by atoms with Crippen molar-refractivity contribution in [1.82, 2.24) is 9.97 Å². The van der Waals surface area contributed by atoms with Gasteiger partial charge in [-0.05, 0) is 52.4 Å². The van der Waals surface area contributed by atoms with E-state index in [1.54, 1.807) is 13.4 Å². The van der Waals surface area contributed by atoms with E-state index in [1.165, 1.54) is 40.8 Å². The van der Waals surface area contributed by atoms with Gasteiger partial charge in [-0.3, -0.25) is 0 Å². The third-order valence-corrected chi connectivity index (χ3v) is 14.7. The predicted octanol–water partition coefficient (Wildman–Crippen LogP) is 6.30. The lowest BCUT2D eigenvalue weighted by Crippen LogP contribution is -2.66. The van der Waals surface area contributed by atoms with Crippen LogP contribution in [0.3, 0.4) is 0 Å². The first-order valence-corrected chi connectivity index (χ1v) is 18.4. The van der Waals surface area contributed by atoms with E-state index in [2.05, 4.69) is 104 Å². The van der Waals surface area contributed by atoms with Gasteiger partial charge in [-0.2, -0.15) is 0 Å². The van der Waals surface area contributed by atoms with Crippen LogP contribution in [0.4, 0.5) is 11.6 Å². The van der Waals surface area contributed by atoms with Crippen LogP contribution < -0.4 is 25.4 Å². The van der Waals surface area contributed by atoms with Gasteiger partial charge in [-0.25, -0.2) is 19.6 Å². The number of nitrogens with one attached hydrogen (secondary N) is 1. The number of nitrogens with zero attached hydrogens (tertiary/aromatic N) is 4. The molecule has 2 aliphatic rings. The molecule has 0 saturated carbocycles. The van der Waals surface area contributed by atoms with Crippen molar-refractivity contribution in [3.63, 3.8) is 0 Å². The summed E-state index contributed by atoms with van der Waals surface area (Å²) < 4.78 is 13.5. The molecule has 8 heteroatoms. The van der Waals surface area contributed by atoms with Crippen LogP contribution in [0.5, 0.6) is 5.75 Å². The summed E-state index contributed by atoms with van der Waals surface area (Å²) in [7, 11) is -0.866. The summed E-state index contributed by atoms with van der Waals surface area (Å²) in [5.41, 5.74) is 2.43. The van der Waals surface area contributed by atoms with Crippen LogP contribution >= 0.6 is 0 Å². The van der Waals surface area contributed by atoms with E-state index >= 15 is 0 Å². The number of hydrogen-bond acceptors (Lipinski definition) is 6. The molecule has 1 N–H and O–H groups in total. The molecule has 4 aromatic rings. The van der Waals surface area contributed by atoms with Crippen LogP contribution in [-0.4, -0.2) is 56.2 Å². The number of quaternary nitrogens is 1. The molecule has 236 valence electrons. The SMILES string of the molecule is COc1ccc(CNc2ncnc3c2C[N+]2(CCCO[Si](c4ccccc4)(c4ccccc4)C(C)(C)C)CCCCCN32)cc1. The van der Waals surface area contributed by atoms with E-state index in [0.29, 0.717) is 6.54 Å². The van der Waals surface area contributed by atoms with Crippen molar-refractivity contribution >= 4 is 30.3 Å². The second-order valence-corrected chi connectivity index (χ2v) is 17.8. The molecule has 0 radical (unpaired) electrons. The zero-order chi connectivity index (χ0) is 31.3. The molecule has 2 aliphatic heterocycles. The van der Waals surface area contributed by atoms with Crippen molar-refractivity contribution in [3.05, 3.63) is 102 Å². The van der Waals surface area contributed by atoms with Gasteiger partial charge in [0.05, 0.1) is 19.2 Å². The molecule has 1 fully saturated rings. The zero-order valence-corrected chi connectivity index (χ0v) is 28.3. The number of hydrogen-bond donors (Lipinski definition) is 1. The van der Waals surface area contributed by atoms with Crippen molar-refractivity contribution in [2.45, 2.75) is 64.6 Å². The third kappa shape index (κ3) is 6.24. The van der Waals surface area contributed by atoms with E-state index in [9.17, 15) is 0 Å². The van der Waals surface area contributed by atoms with Gasteiger partial charge < -0.3 is 14.5 Å². The first-order chi connectivity index (χ1) is 21.9. The maximum atomic E-state index is 7.30. The fourth-order valence-electron chi connectivity index (χ4n) is 7.45. The molecule has 7 nitrogen and oxygen atoms in total. The number of fused-ring (bicyclic) bond motifs is 3. The Morgan fingerprint density at radius 1 is 0.867 bits per heavy atom. The molecule has 0 spiro atoms. The summed E-state index contributed by atoms with van der Waals surface area (Å²) in [6, 6.07) is 30.2. The molecule has 0 aliphatic carbocycles. The van der Waals surface area contributed by atoms with Gasteiger partial charge in [-0.1, -0.05) is 93.6 Å². The molecule has 45 heavy (non-hydrogen) atoms. The van der Waals surface area contributed by atoms with Crippen molar-refractivity contribution in [3.8, 4) is 5.75 Å². The minimum Gasteiger partial charge on any atom is -0.497 e. The Labute approximate surface area is 269 Å². The van der Waals surface area contributed by atoms with Crippen LogP contribution in [0.1, 0.15) is 57.6 Å². The molecular weight excluding hydrogens is 575 g/mol. The van der Waals surface area contributed by atoms with E-state index in [-0.39, 0.29) is 5.04 Å². The molecule has 1 aromatic heterocycles. The molecule has 3 aromatic carbocycles. The fraction of sp³-hybridized carbons (Fsp3) is 0.405. The van der Waals surface area contributed by atoms with Gasteiger partial charge in [0.25, 0.3) is 8.32 Å². The maximum absolute atomic E-state index is 7.30. The maximum Gasteiger partial charge on any atom is 0.261 e. The minimum absolute atomic E-state index is 0.0269. The summed E-state index contributed by atoms with van der Waals surface area (Å²) in [6.07, 6.45) is 6.39. The highest BCUT2D eigenvalue weighted by molar-refractivity contribution is 6.99. The van der Waals surface area contributed by atoms with Crippen LogP contribution in [0.15, 0.2) is 91.3 Å². The molecule has 0 amide bonds. The zero-order valence-electron chi connectivity index (χ0n) is 27.3. The number of anilines is 2. The highest BCUT2D eigenvalue weighted by Crippen LogP contribution is 2.41. The smallest absolute Gasteiger partial charge is 0.261 e. The average Bonchev–Trinajstić information content (AvgIpc) is 3.22. The van der Waals surface area contributed by atoms with Crippen LogP contribution in [-0.2, 0) is 17.5 Å². The standard InChI is InChI=1S/C37H48N5O2Si/c1-37(2,3)45(32-15-8-5-9-16-32,33-17-10-6-11-18-33)44-26-14-25-42-24-13-7-12-23-41(42)36-34(28-42)35(39-29-40-36)38-27-30-19-21-31(43-4)22-20-30/h5-6,8-11,15-22,29H,7,12-14,23-28H2,1-4H3,(H,38,39,40)/q+1. The minimum atomic E-state index is -2.56. The van der Waals surface area contributed by atoms with Crippen molar-refractivity contribution in [2.24, 2.45) is 0 Å². The van der Waals surface area contributed by atoms with Crippen LogP contribution in [0.2, 0.25) is 5.04 Å². The molecule has 3 heterocycles. The van der Waals surface area contributed by atoms with Gasteiger partial charge >= 0.3 is 0 Å². The lowest BCUT2D eigenvalue weighted by Gasteiger charge is -2.44. The van der Waals surface area contributed by atoms with Crippen LogP contribution in [0, 0.1) is 0 Å². The van der Waals surface area contributed by atoms with E-state index in [4.69, 9.17) is 19.1 Å². The second-order valence-electron chi connectivity index (χ2n) is 13.5. The van der Waals surface area contributed by atoms with Crippen molar-refractivity contribution in [1.29, 1.82) is 0 Å².